The number of phenolic OH excluding ortho intramolecular Hbond substituents is 3. The Morgan fingerprint density at radius 3 is 1.46 bits per heavy atom. The van der Waals surface area contributed by atoms with Gasteiger partial charge >= 0.3 is 0 Å². The highest BCUT2D eigenvalue weighted by Crippen LogP contribution is 2.43. The van der Waals surface area contributed by atoms with Gasteiger partial charge in [-0.15, -0.1) is 25.2 Å². The fourth-order valence-corrected chi connectivity index (χ4v) is 8.32. The molecule has 0 bridgehead atoms. The number of nitro groups is 1. The predicted octanol–water partition coefficient (Wildman–Crippen LogP) is 17.2. The van der Waals surface area contributed by atoms with E-state index in [9.17, 15) is 25.4 Å². The van der Waals surface area contributed by atoms with Crippen LogP contribution in [0.2, 0.25) is 10.0 Å². The number of aromatic hydroxyl groups is 3. The molecule has 0 saturated heterocycles. The second-order valence-electron chi connectivity index (χ2n) is 21.6. The number of azo groups is 1. The van der Waals surface area contributed by atoms with E-state index in [1.807, 2.05) is 145 Å². The van der Waals surface area contributed by atoms with E-state index in [2.05, 4.69) is 41.2 Å². The van der Waals surface area contributed by atoms with Gasteiger partial charge in [-0.2, -0.15) is 0 Å². The molecule has 0 unspecified atom stereocenters. The number of hydrogen-bond acceptors (Lipinski definition) is 12. The molecule has 0 amide bonds. The molecule has 0 fully saturated rings. The van der Waals surface area contributed by atoms with Gasteiger partial charge in [-0.05, 0) is 93.6 Å². The molecule has 0 radical (unpaired) electrons. The fourth-order valence-electron chi connectivity index (χ4n) is 7.98. The van der Waals surface area contributed by atoms with Gasteiger partial charge in [0.05, 0.1) is 4.92 Å². The molecule has 0 spiro atoms. The SMILES string of the molecule is CC(C)(C)c1cc(OCc2ccccc2)cc(-n2nc3ccc(Cl)cc3n2)c1O.CC(C)(C)c1cc(OCc2ccccc2)cc(N=Nc2ccc(Cl)cc2[N+](=O)[O-])c1O.CC(C)(C)c1cc(OCc2ccccc2)ccc1O. The summed E-state index contributed by atoms with van der Waals surface area (Å²) in [5, 5.41) is 60.8. The molecule has 0 aliphatic carbocycles. The van der Waals surface area contributed by atoms with Gasteiger partial charge in [-0.25, -0.2) is 0 Å². The highest BCUT2D eigenvalue weighted by Gasteiger charge is 2.26. The van der Waals surface area contributed by atoms with Crippen molar-refractivity contribution in [3.8, 4) is 40.2 Å². The molecule has 14 nitrogen and oxygen atoms in total. The molecule has 408 valence electrons. The monoisotopic (exact) mass is 1100 g/mol. The molecule has 3 N–H and O–H groups in total. The molecular weight excluding hydrogens is 1040 g/mol. The van der Waals surface area contributed by atoms with Crippen molar-refractivity contribution in [2.24, 2.45) is 10.2 Å². The normalized spacial score (nSPS) is 11.6. The predicted molar refractivity (Wildman–Crippen MR) is 312 cm³/mol. The zero-order valence-corrected chi connectivity index (χ0v) is 47.1. The van der Waals surface area contributed by atoms with E-state index in [1.54, 1.807) is 48.5 Å². The first-order valence-electron chi connectivity index (χ1n) is 25.4. The van der Waals surface area contributed by atoms with E-state index in [0.717, 1.165) is 33.6 Å². The highest BCUT2D eigenvalue weighted by molar-refractivity contribution is 6.31. The van der Waals surface area contributed by atoms with Crippen LogP contribution >= 0.6 is 23.2 Å². The molecule has 0 aliphatic rings. The lowest BCUT2D eigenvalue weighted by Gasteiger charge is -2.23. The highest BCUT2D eigenvalue weighted by atomic mass is 35.5. The van der Waals surface area contributed by atoms with Crippen molar-refractivity contribution >= 4 is 51.3 Å². The number of hydrogen-bond donors (Lipinski definition) is 3. The lowest BCUT2D eigenvalue weighted by molar-refractivity contribution is -0.384. The Morgan fingerprint density at radius 2 is 0.937 bits per heavy atom. The smallest absolute Gasteiger partial charge is 0.298 e. The van der Waals surface area contributed by atoms with Crippen LogP contribution in [0.1, 0.15) is 95.7 Å². The lowest BCUT2D eigenvalue weighted by atomic mass is 9.86. The summed E-state index contributed by atoms with van der Waals surface area (Å²) in [5.41, 5.74) is 6.42. The standard InChI is InChI=1S/C23H22ClN3O4.C23H22ClN3O2.C17H20O2/c1-23(2,3)18-12-17(31-14-15-7-5-4-6-8-15)13-20(22(18)28)26-25-19-10-9-16(24)11-21(19)27(29)30;1-23(2,3)18-12-17(29-14-15-7-5-4-6-8-15)13-21(22(18)28)27-25-19-10-9-16(24)11-20(19)26-27;1-17(2,3)15-11-14(9-10-16(15)18)19-12-13-7-5-4-6-8-13/h4-13,28H,14H2,1-3H3;4-13,28H,14H2,1-3H3;4-11,18H,12H2,1-3H3. The molecule has 1 heterocycles. The van der Waals surface area contributed by atoms with Gasteiger partial charge in [0.25, 0.3) is 5.69 Å². The van der Waals surface area contributed by atoms with Gasteiger partial charge in [0, 0.05) is 44.9 Å². The van der Waals surface area contributed by atoms with Crippen molar-refractivity contribution in [2.45, 2.75) is 98.4 Å². The summed E-state index contributed by atoms with van der Waals surface area (Å²) in [7, 11) is 0. The molecule has 9 aromatic rings. The summed E-state index contributed by atoms with van der Waals surface area (Å²) >= 11 is 11.9. The molecular formula is C63H64Cl2N6O8. The van der Waals surface area contributed by atoms with Crippen LogP contribution in [0.15, 0.2) is 180 Å². The maximum atomic E-state index is 11.3. The van der Waals surface area contributed by atoms with Gasteiger partial charge in [0.15, 0.2) is 5.69 Å². The molecule has 8 aromatic carbocycles. The zero-order chi connectivity index (χ0) is 57.1. The van der Waals surface area contributed by atoms with E-state index < -0.39 is 10.3 Å². The van der Waals surface area contributed by atoms with Crippen LogP contribution in [-0.2, 0) is 36.1 Å². The molecule has 0 atom stereocenters. The third kappa shape index (κ3) is 16.1. The van der Waals surface area contributed by atoms with Crippen molar-refractivity contribution in [1.29, 1.82) is 0 Å². The maximum Gasteiger partial charge on any atom is 0.298 e. The molecule has 16 heteroatoms. The van der Waals surface area contributed by atoms with Gasteiger partial charge in [0.2, 0.25) is 0 Å². The van der Waals surface area contributed by atoms with Gasteiger partial charge < -0.3 is 29.5 Å². The largest absolute Gasteiger partial charge is 0.508 e. The number of ether oxygens (including phenoxy) is 3. The van der Waals surface area contributed by atoms with Crippen molar-refractivity contribution in [1.82, 2.24) is 15.0 Å². The molecule has 79 heavy (non-hydrogen) atoms. The summed E-state index contributed by atoms with van der Waals surface area (Å²) in [4.78, 5) is 12.1. The number of benzene rings is 8. The maximum absolute atomic E-state index is 11.3. The van der Waals surface area contributed by atoms with Gasteiger partial charge in [-0.3, -0.25) is 10.1 Å². The number of nitro benzene ring substituents is 1. The third-order valence-electron chi connectivity index (χ3n) is 12.2. The van der Waals surface area contributed by atoms with Crippen LogP contribution < -0.4 is 14.2 Å². The number of nitrogens with zero attached hydrogens (tertiary/aromatic N) is 6. The second kappa shape index (κ2) is 25.3. The Morgan fingerprint density at radius 1 is 0.494 bits per heavy atom. The first kappa shape index (κ1) is 58.2. The molecule has 0 saturated carbocycles. The van der Waals surface area contributed by atoms with Crippen molar-refractivity contribution < 1.29 is 34.5 Å². The van der Waals surface area contributed by atoms with E-state index in [-0.39, 0.29) is 44.4 Å². The Bertz CT molecular complexity index is 3560. The number of rotatable bonds is 13. The second-order valence-corrected chi connectivity index (χ2v) is 22.5. The molecule has 0 aliphatic heterocycles. The van der Waals surface area contributed by atoms with Gasteiger partial charge in [-0.1, -0.05) is 177 Å². The first-order chi connectivity index (χ1) is 37.4. The van der Waals surface area contributed by atoms with E-state index in [1.165, 1.54) is 23.0 Å². The van der Waals surface area contributed by atoms with Gasteiger partial charge in [0.1, 0.15) is 76.7 Å². The number of fused-ring (bicyclic) bond motifs is 1. The van der Waals surface area contributed by atoms with E-state index >= 15 is 0 Å². The van der Waals surface area contributed by atoms with Crippen LogP contribution in [0.4, 0.5) is 17.1 Å². The van der Waals surface area contributed by atoms with Crippen LogP contribution in [0, 0.1) is 10.1 Å². The number of aromatic nitrogens is 3. The van der Waals surface area contributed by atoms with Crippen molar-refractivity contribution in [2.75, 3.05) is 0 Å². The Labute approximate surface area is 470 Å². The van der Waals surface area contributed by atoms with Crippen LogP contribution in [0.5, 0.6) is 34.5 Å². The minimum Gasteiger partial charge on any atom is -0.508 e. The minimum absolute atomic E-state index is 0.0294. The minimum atomic E-state index is -0.583. The zero-order valence-electron chi connectivity index (χ0n) is 45.6. The van der Waals surface area contributed by atoms with Crippen LogP contribution in [-0.4, -0.2) is 35.2 Å². The summed E-state index contributed by atoms with van der Waals surface area (Å²) in [6.45, 7) is 19.5. The molecule has 1 aromatic heterocycles. The van der Waals surface area contributed by atoms with Crippen LogP contribution in [0.25, 0.3) is 16.7 Å². The van der Waals surface area contributed by atoms with Crippen LogP contribution in [0.3, 0.4) is 0 Å². The Hall–Kier alpha value is -8.46. The topological polar surface area (TPSA) is 187 Å². The Kier molecular flexibility index (Phi) is 18.7. The first-order valence-corrected chi connectivity index (χ1v) is 26.2. The molecule has 9 rings (SSSR count). The van der Waals surface area contributed by atoms with Crippen molar-refractivity contribution in [3.63, 3.8) is 0 Å². The summed E-state index contributed by atoms with van der Waals surface area (Å²) < 4.78 is 17.7. The van der Waals surface area contributed by atoms with E-state index in [4.69, 9.17) is 37.4 Å². The summed E-state index contributed by atoms with van der Waals surface area (Å²) in [5.74, 6) is 2.33. The average Bonchev–Trinajstić information content (AvgIpc) is 3.88. The number of phenols is 3. The van der Waals surface area contributed by atoms with E-state index in [0.29, 0.717) is 64.4 Å². The third-order valence-corrected chi connectivity index (χ3v) is 12.7. The summed E-state index contributed by atoms with van der Waals surface area (Å²) in [6.07, 6.45) is 0. The van der Waals surface area contributed by atoms with Crippen molar-refractivity contribution in [3.05, 3.63) is 223 Å². The lowest BCUT2D eigenvalue weighted by Crippen LogP contribution is -2.13. The average molecular weight is 1100 g/mol. The fraction of sp³-hybridized carbons (Fsp3) is 0.238. The number of halogens is 2. The Balaban J connectivity index is 0.000000176. The summed E-state index contributed by atoms with van der Waals surface area (Å²) in [6, 6.07) is 51.5. The quantitative estimate of drug-likeness (QED) is 0.0570.